The second-order valence-corrected chi connectivity index (χ2v) is 21.4. The Bertz CT molecular complexity index is 4290. The first-order chi connectivity index (χ1) is 36.4. The van der Waals surface area contributed by atoms with Crippen LogP contribution < -0.4 is 9.80 Å². The van der Waals surface area contributed by atoms with E-state index in [9.17, 15) is 0 Å². The van der Waals surface area contributed by atoms with Crippen molar-refractivity contribution >= 4 is 98.8 Å². The van der Waals surface area contributed by atoms with Gasteiger partial charge in [-0.3, -0.25) is 0 Å². The maximum absolute atomic E-state index is 2.63. The van der Waals surface area contributed by atoms with E-state index in [0.717, 1.165) is 22.7 Å². The van der Waals surface area contributed by atoms with Gasteiger partial charge >= 0.3 is 0 Å². The fourth-order valence-corrected chi connectivity index (χ4v) is 13.8. The second kappa shape index (κ2) is 16.7. The van der Waals surface area contributed by atoms with Gasteiger partial charge in [0.1, 0.15) is 0 Å². The van der Waals surface area contributed by atoms with Crippen molar-refractivity contribution in [3.8, 4) is 22.3 Å². The van der Waals surface area contributed by atoms with Gasteiger partial charge in [0.2, 0.25) is 0 Å². The van der Waals surface area contributed by atoms with Crippen LogP contribution in [0.5, 0.6) is 0 Å². The number of anilines is 6. The van der Waals surface area contributed by atoms with E-state index in [1.807, 2.05) is 0 Å². The molecular weight excluding hydrogens is 893 g/mol. The number of hydrogen-bond acceptors (Lipinski definition) is 2. The molecule has 16 rings (SSSR count). The third-order valence-corrected chi connectivity index (χ3v) is 17.2. The minimum atomic E-state index is 0.352. The summed E-state index contributed by atoms with van der Waals surface area (Å²) in [5, 5.41) is 15.5. The van der Waals surface area contributed by atoms with Gasteiger partial charge in [-0.15, -0.1) is 0 Å². The van der Waals surface area contributed by atoms with Gasteiger partial charge in [0.25, 0.3) is 0 Å². The number of fused-ring (bicyclic) bond motifs is 1. The number of benzene rings is 13. The van der Waals surface area contributed by atoms with Crippen LogP contribution in [-0.4, -0.2) is 0 Å². The van der Waals surface area contributed by atoms with Gasteiger partial charge in [-0.2, -0.15) is 0 Å². The molecule has 0 radical (unpaired) electrons. The lowest BCUT2D eigenvalue weighted by Crippen LogP contribution is -2.32. The summed E-state index contributed by atoms with van der Waals surface area (Å²) in [4.78, 5) is 4.90. The maximum atomic E-state index is 2.63. The minimum absolute atomic E-state index is 0.352. The van der Waals surface area contributed by atoms with E-state index in [0.29, 0.717) is 23.7 Å². The Hall–Kier alpha value is -8.72. The molecule has 0 saturated carbocycles. The summed E-state index contributed by atoms with van der Waals surface area (Å²) in [5.41, 5.74) is 16.7. The van der Waals surface area contributed by atoms with E-state index in [-0.39, 0.29) is 0 Å². The Morgan fingerprint density at radius 2 is 0.757 bits per heavy atom. The van der Waals surface area contributed by atoms with Crippen molar-refractivity contribution in [1.82, 2.24) is 0 Å². The Balaban J connectivity index is 0.846. The second-order valence-electron chi connectivity index (χ2n) is 21.4. The normalized spacial score (nSPS) is 16.3. The van der Waals surface area contributed by atoms with Crippen LogP contribution in [0.3, 0.4) is 0 Å². The molecule has 352 valence electrons. The number of allylic oxidation sites excluding steroid dienone is 2. The highest BCUT2D eigenvalue weighted by molar-refractivity contribution is 6.27. The topological polar surface area (TPSA) is 6.48 Å². The number of rotatable bonds is 9. The summed E-state index contributed by atoms with van der Waals surface area (Å²) in [6, 6.07) is 86.4. The van der Waals surface area contributed by atoms with Crippen molar-refractivity contribution < 1.29 is 0 Å². The van der Waals surface area contributed by atoms with E-state index >= 15 is 0 Å². The van der Waals surface area contributed by atoms with Crippen molar-refractivity contribution in [2.45, 2.75) is 39.0 Å². The first kappa shape index (κ1) is 42.9. The molecule has 13 aromatic carbocycles. The van der Waals surface area contributed by atoms with Crippen molar-refractivity contribution in [3.63, 3.8) is 0 Å². The van der Waals surface area contributed by atoms with Crippen molar-refractivity contribution in [3.05, 3.63) is 253 Å². The zero-order valence-corrected chi connectivity index (χ0v) is 41.9. The Morgan fingerprint density at radius 3 is 1.20 bits per heavy atom. The Labute approximate surface area is 432 Å². The molecule has 3 atom stereocenters. The van der Waals surface area contributed by atoms with Crippen LogP contribution in [0.15, 0.2) is 242 Å². The molecule has 0 N–H and O–H groups in total. The molecule has 3 unspecified atom stereocenters. The number of hydrogen-bond donors (Lipinski definition) is 0. The molecule has 0 fully saturated rings. The van der Waals surface area contributed by atoms with Gasteiger partial charge in [-0.05, 0) is 173 Å². The van der Waals surface area contributed by atoms with Crippen LogP contribution in [0.2, 0.25) is 0 Å². The van der Waals surface area contributed by atoms with E-state index < -0.39 is 0 Å². The smallest absolute Gasteiger partial charge is 0.0540 e. The predicted molar refractivity (Wildman–Crippen MR) is 316 cm³/mol. The van der Waals surface area contributed by atoms with Crippen molar-refractivity contribution in [1.29, 1.82) is 0 Å². The molecular formula is C72H54N2. The summed E-state index contributed by atoms with van der Waals surface area (Å²) in [6.45, 7) is 7.25. The molecule has 74 heavy (non-hydrogen) atoms. The van der Waals surface area contributed by atoms with Crippen LogP contribution in [-0.2, 0) is 0 Å². The number of para-hydroxylation sites is 2. The fourth-order valence-electron chi connectivity index (χ4n) is 13.8. The van der Waals surface area contributed by atoms with Crippen LogP contribution in [0, 0.1) is 11.8 Å². The minimum Gasteiger partial charge on any atom is -0.310 e. The van der Waals surface area contributed by atoms with Crippen LogP contribution in [0.4, 0.5) is 34.1 Å². The highest BCUT2D eigenvalue weighted by Crippen LogP contribution is 2.59. The largest absolute Gasteiger partial charge is 0.310 e. The zero-order valence-electron chi connectivity index (χ0n) is 41.9. The lowest BCUT2D eigenvalue weighted by molar-refractivity contribution is 0.281. The van der Waals surface area contributed by atoms with Crippen LogP contribution in [0.25, 0.3) is 86.9 Å². The maximum Gasteiger partial charge on any atom is 0.0540 e. The first-order valence-electron chi connectivity index (χ1n) is 26.5. The predicted octanol–water partition coefficient (Wildman–Crippen LogP) is 20.6. The number of nitrogens with zero attached hydrogens (tertiary/aromatic N) is 2. The molecule has 2 heteroatoms. The fraction of sp³-hybridized carbons (Fsp3) is 0.111. The lowest BCUT2D eigenvalue weighted by Gasteiger charge is -2.46. The Morgan fingerprint density at radius 1 is 0.365 bits per heavy atom. The Kier molecular flexibility index (Phi) is 9.66. The monoisotopic (exact) mass is 946 g/mol. The standard InChI is InChI=1S/C72H54N2/c1-44(2)62-43-63-45(3)42-64(62)72-59(47-26-34-57(35-27-47)74(55-18-8-5-9-19-55)66-41-31-53-23-21-49-13-11-15-51-29-37-61(66)70(53)68(49)51)39-38-58(71(63)72)46-24-32-56(33-25-46)73(54-16-6-4-7-17-54)65-40-30-52-22-20-48-12-10-14-50-28-36-60(65)69(52)67(48)50/h4-42,44,62-64H,43H2,1-3H3. The zero-order chi connectivity index (χ0) is 49.2. The summed E-state index contributed by atoms with van der Waals surface area (Å²) in [6.07, 6.45) is 3.82. The summed E-state index contributed by atoms with van der Waals surface area (Å²) < 4.78 is 0. The highest BCUT2D eigenvalue weighted by Gasteiger charge is 2.43. The third kappa shape index (κ3) is 6.50. The average Bonchev–Trinajstić information content (AvgIpc) is 3.50. The lowest BCUT2D eigenvalue weighted by atomic mass is 9.58. The van der Waals surface area contributed by atoms with Gasteiger partial charge in [0, 0.05) is 45.4 Å². The summed E-state index contributed by atoms with van der Waals surface area (Å²) in [5.74, 6) is 1.88. The van der Waals surface area contributed by atoms with Gasteiger partial charge in [-0.25, -0.2) is 0 Å². The molecule has 0 saturated heterocycles. The third-order valence-electron chi connectivity index (χ3n) is 17.2. The molecule has 2 bridgehead atoms. The molecule has 0 aliphatic heterocycles. The molecule has 0 amide bonds. The summed E-state index contributed by atoms with van der Waals surface area (Å²) in [7, 11) is 0. The molecule has 3 aliphatic carbocycles. The average molecular weight is 947 g/mol. The van der Waals surface area contributed by atoms with Gasteiger partial charge in [0.15, 0.2) is 0 Å². The van der Waals surface area contributed by atoms with Crippen molar-refractivity contribution in [2.24, 2.45) is 11.8 Å². The van der Waals surface area contributed by atoms with E-state index in [4.69, 9.17) is 0 Å². The summed E-state index contributed by atoms with van der Waals surface area (Å²) >= 11 is 0. The molecule has 0 heterocycles. The van der Waals surface area contributed by atoms with Gasteiger partial charge in [0.05, 0.1) is 11.4 Å². The molecule has 3 aliphatic rings. The van der Waals surface area contributed by atoms with Crippen LogP contribution >= 0.6 is 0 Å². The first-order valence-corrected chi connectivity index (χ1v) is 26.5. The van der Waals surface area contributed by atoms with E-state index in [2.05, 4.69) is 267 Å². The SMILES string of the molecule is CC1=CC2c3c(-c4ccc(N(c5ccccc5)c5ccc6ccc7cccc8ccc5c6c78)cc4)ccc(-c4ccc(N(c5ccccc5)c5ccc6ccc7cccc8ccc5c6c78)cc4)c3C1CC2C(C)C. The quantitative estimate of drug-likeness (QED) is 0.105. The highest BCUT2D eigenvalue weighted by atomic mass is 15.1. The van der Waals surface area contributed by atoms with Crippen LogP contribution in [0.1, 0.15) is 50.2 Å². The molecule has 0 aromatic heterocycles. The molecule has 0 spiro atoms. The molecule has 13 aromatic rings. The van der Waals surface area contributed by atoms with E-state index in [1.165, 1.54) is 121 Å². The van der Waals surface area contributed by atoms with Gasteiger partial charge < -0.3 is 9.80 Å². The van der Waals surface area contributed by atoms with E-state index in [1.54, 1.807) is 0 Å². The van der Waals surface area contributed by atoms with Gasteiger partial charge in [-0.1, -0.05) is 195 Å². The van der Waals surface area contributed by atoms with Crippen molar-refractivity contribution in [2.75, 3.05) is 9.80 Å². The molecule has 2 nitrogen and oxygen atoms in total.